The molecule has 1 aliphatic heterocycles. The maximum Gasteiger partial charge on any atom is 0.237 e. The maximum atomic E-state index is 11.5. The van der Waals surface area contributed by atoms with Crippen molar-refractivity contribution in [3.63, 3.8) is 0 Å². The fourth-order valence-electron chi connectivity index (χ4n) is 1.98. The first-order valence-corrected chi connectivity index (χ1v) is 5.30. The Kier molecular flexibility index (Phi) is 4.35. The minimum absolute atomic E-state index is 0.113. The molecule has 14 heavy (non-hydrogen) atoms. The average Bonchev–Trinajstić information content (AvgIpc) is 2.18. The molecular formula is C10H21N3O. The van der Waals surface area contributed by atoms with Crippen LogP contribution in [-0.4, -0.2) is 38.0 Å². The van der Waals surface area contributed by atoms with E-state index in [0.29, 0.717) is 5.92 Å². The highest BCUT2D eigenvalue weighted by Crippen LogP contribution is 2.24. The number of nitrogens with zero attached hydrogens (tertiary/aromatic N) is 1. The average molecular weight is 199 g/mol. The Labute approximate surface area is 86.0 Å². The molecule has 4 heteroatoms. The van der Waals surface area contributed by atoms with Crippen molar-refractivity contribution in [1.82, 2.24) is 15.8 Å². The molecule has 0 aliphatic carbocycles. The summed E-state index contributed by atoms with van der Waals surface area (Å²) in [7, 11) is 3.85. The van der Waals surface area contributed by atoms with Crippen LogP contribution in [0, 0.1) is 11.8 Å². The first-order chi connectivity index (χ1) is 6.65. The summed E-state index contributed by atoms with van der Waals surface area (Å²) in [5.74, 6) is 0.776. The highest BCUT2D eigenvalue weighted by Gasteiger charge is 2.26. The molecule has 1 rings (SSSR count). The lowest BCUT2D eigenvalue weighted by Gasteiger charge is -2.31. The van der Waals surface area contributed by atoms with Gasteiger partial charge in [0.1, 0.15) is 0 Å². The van der Waals surface area contributed by atoms with Crippen molar-refractivity contribution < 1.29 is 4.79 Å². The largest absolute Gasteiger partial charge is 0.306 e. The molecule has 1 aliphatic rings. The summed E-state index contributed by atoms with van der Waals surface area (Å²) in [5.41, 5.74) is 5.34. The van der Waals surface area contributed by atoms with Crippen LogP contribution >= 0.6 is 0 Å². The Balaban J connectivity index is 2.37. The van der Waals surface area contributed by atoms with Crippen LogP contribution in [0.2, 0.25) is 0 Å². The molecule has 0 aromatic rings. The highest BCUT2D eigenvalue weighted by atomic mass is 16.2. The van der Waals surface area contributed by atoms with Gasteiger partial charge in [-0.1, -0.05) is 6.92 Å². The Bertz CT molecular complexity index is 188. The number of carbonyl (C=O) groups is 1. The van der Waals surface area contributed by atoms with Gasteiger partial charge in [-0.2, -0.15) is 0 Å². The van der Waals surface area contributed by atoms with Gasteiger partial charge in [-0.05, 0) is 38.9 Å². The molecule has 1 heterocycles. The summed E-state index contributed by atoms with van der Waals surface area (Å²) in [4.78, 5) is 13.9. The minimum Gasteiger partial charge on any atom is -0.306 e. The van der Waals surface area contributed by atoms with Gasteiger partial charge in [0.25, 0.3) is 0 Å². The van der Waals surface area contributed by atoms with Crippen LogP contribution in [0.1, 0.15) is 19.8 Å². The summed E-state index contributed by atoms with van der Waals surface area (Å²) >= 11 is 0. The second-order valence-corrected chi connectivity index (χ2v) is 4.17. The predicted octanol–water partition coefficient (Wildman–Crippen LogP) is 0.215. The first-order valence-electron chi connectivity index (χ1n) is 5.30. The highest BCUT2D eigenvalue weighted by molar-refractivity contribution is 5.78. The summed E-state index contributed by atoms with van der Waals surface area (Å²) in [6.45, 7) is 4.24. The molecule has 1 amide bonds. The molecule has 82 valence electrons. The lowest BCUT2D eigenvalue weighted by Crippen LogP contribution is -2.42. The fourth-order valence-corrected chi connectivity index (χ4v) is 1.98. The van der Waals surface area contributed by atoms with E-state index in [0.717, 1.165) is 25.9 Å². The molecule has 0 saturated carbocycles. The quantitative estimate of drug-likeness (QED) is 0.639. The smallest absolute Gasteiger partial charge is 0.237 e. The van der Waals surface area contributed by atoms with Gasteiger partial charge in [0.15, 0.2) is 0 Å². The summed E-state index contributed by atoms with van der Waals surface area (Å²) < 4.78 is 0. The number of hydrogen-bond donors (Lipinski definition) is 2. The molecule has 0 bridgehead atoms. The third kappa shape index (κ3) is 2.96. The zero-order valence-electron chi connectivity index (χ0n) is 9.34. The summed E-state index contributed by atoms with van der Waals surface area (Å²) in [6, 6.07) is 0. The van der Waals surface area contributed by atoms with E-state index in [-0.39, 0.29) is 11.8 Å². The first kappa shape index (κ1) is 11.5. The van der Waals surface area contributed by atoms with Crippen molar-refractivity contribution in [3.8, 4) is 0 Å². The number of hydrogen-bond acceptors (Lipinski definition) is 3. The van der Waals surface area contributed by atoms with E-state index in [2.05, 4.69) is 22.8 Å². The van der Waals surface area contributed by atoms with E-state index in [4.69, 9.17) is 0 Å². The number of piperidine rings is 1. The van der Waals surface area contributed by atoms with Crippen molar-refractivity contribution >= 4 is 5.91 Å². The topological polar surface area (TPSA) is 44.4 Å². The molecule has 0 aromatic heterocycles. The van der Waals surface area contributed by atoms with E-state index in [1.54, 1.807) is 7.05 Å². The van der Waals surface area contributed by atoms with Gasteiger partial charge < -0.3 is 4.90 Å². The number of amides is 1. The maximum absolute atomic E-state index is 11.5. The van der Waals surface area contributed by atoms with Crippen LogP contribution in [0.25, 0.3) is 0 Å². The SMILES string of the molecule is CNNC(=O)C(C)C1CCN(C)CC1. The van der Waals surface area contributed by atoms with Gasteiger partial charge >= 0.3 is 0 Å². The lowest BCUT2D eigenvalue weighted by molar-refractivity contribution is -0.127. The van der Waals surface area contributed by atoms with Crippen LogP contribution in [-0.2, 0) is 4.79 Å². The number of nitrogens with one attached hydrogen (secondary N) is 2. The summed E-state index contributed by atoms with van der Waals surface area (Å²) in [6.07, 6.45) is 2.27. The van der Waals surface area contributed by atoms with Gasteiger partial charge in [-0.25, -0.2) is 5.43 Å². The molecule has 1 atom stereocenters. The number of rotatable bonds is 3. The minimum atomic E-state index is 0.113. The third-order valence-corrected chi connectivity index (χ3v) is 3.13. The molecule has 1 fully saturated rings. The Morgan fingerprint density at radius 3 is 2.50 bits per heavy atom. The van der Waals surface area contributed by atoms with Crippen LogP contribution in [0.15, 0.2) is 0 Å². The second kappa shape index (κ2) is 5.32. The Morgan fingerprint density at radius 2 is 2.00 bits per heavy atom. The standard InChI is InChI=1S/C10H21N3O/c1-8(10(14)12-11-2)9-4-6-13(3)7-5-9/h8-9,11H,4-7H2,1-3H3,(H,12,14). The number of carbonyl (C=O) groups excluding carboxylic acids is 1. The molecule has 0 radical (unpaired) electrons. The van der Waals surface area contributed by atoms with Crippen LogP contribution in [0.3, 0.4) is 0 Å². The van der Waals surface area contributed by atoms with E-state index in [1.807, 2.05) is 6.92 Å². The monoisotopic (exact) mass is 199 g/mol. The van der Waals surface area contributed by atoms with Crippen molar-refractivity contribution in [3.05, 3.63) is 0 Å². The summed E-state index contributed by atoms with van der Waals surface area (Å²) in [5, 5.41) is 0. The zero-order chi connectivity index (χ0) is 10.6. The third-order valence-electron chi connectivity index (χ3n) is 3.13. The van der Waals surface area contributed by atoms with Crippen LogP contribution in [0.4, 0.5) is 0 Å². The lowest BCUT2D eigenvalue weighted by atomic mass is 9.85. The molecule has 1 unspecified atom stereocenters. The Hall–Kier alpha value is -0.610. The van der Waals surface area contributed by atoms with Gasteiger partial charge in [0.05, 0.1) is 0 Å². The van der Waals surface area contributed by atoms with Gasteiger partial charge in [0.2, 0.25) is 5.91 Å². The van der Waals surface area contributed by atoms with Crippen LogP contribution < -0.4 is 10.9 Å². The second-order valence-electron chi connectivity index (χ2n) is 4.17. The number of likely N-dealkylation sites (tertiary alicyclic amines) is 1. The van der Waals surface area contributed by atoms with Crippen molar-refractivity contribution in [2.24, 2.45) is 11.8 Å². The van der Waals surface area contributed by atoms with E-state index >= 15 is 0 Å². The van der Waals surface area contributed by atoms with Gasteiger partial charge in [-0.3, -0.25) is 10.2 Å². The van der Waals surface area contributed by atoms with E-state index < -0.39 is 0 Å². The molecule has 0 spiro atoms. The molecule has 2 N–H and O–H groups in total. The predicted molar refractivity (Wildman–Crippen MR) is 56.6 cm³/mol. The molecule has 4 nitrogen and oxygen atoms in total. The fraction of sp³-hybridized carbons (Fsp3) is 0.900. The molecular weight excluding hydrogens is 178 g/mol. The van der Waals surface area contributed by atoms with Gasteiger partial charge in [-0.15, -0.1) is 0 Å². The molecule has 1 saturated heterocycles. The normalized spacial score (nSPS) is 21.9. The van der Waals surface area contributed by atoms with Gasteiger partial charge in [0, 0.05) is 13.0 Å². The van der Waals surface area contributed by atoms with Crippen molar-refractivity contribution in [2.45, 2.75) is 19.8 Å². The van der Waals surface area contributed by atoms with E-state index in [9.17, 15) is 4.79 Å². The number of hydrazine groups is 1. The molecule has 0 aromatic carbocycles. The van der Waals surface area contributed by atoms with Crippen molar-refractivity contribution in [2.75, 3.05) is 27.2 Å². The van der Waals surface area contributed by atoms with E-state index in [1.165, 1.54) is 0 Å². The Morgan fingerprint density at radius 1 is 1.43 bits per heavy atom. The van der Waals surface area contributed by atoms with Crippen molar-refractivity contribution in [1.29, 1.82) is 0 Å². The zero-order valence-corrected chi connectivity index (χ0v) is 9.34. The van der Waals surface area contributed by atoms with Crippen LogP contribution in [0.5, 0.6) is 0 Å².